The van der Waals surface area contributed by atoms with Crippen LogP contribution in [0.1, 0.15) is 17.2 Å². The molecule has 0 saturated heterocycles. The molecule has 1 atom stereocenters. The van der Waals surface area contributed by atoms with E-state index in [9.17, 15) is 9.90 Å². The van der Waals surface area contributed by atoms with E-state index in [0.29, 0.717) is 18.3 Å². The van der Waals surface area contributed by atoms with Crippen molar-refractivity contribution in [3.8, 4) is 0 Å². The van der Waals surface area contributed by atoms with Gasteiger partial charge in [0, 0.05) is 29.9 Å². The summed E-state index contributed by atoms with van der Waals surface area (Å²) in [5.74, 6) is 1.01. The van der Waals surface area contributed by atoms with Gasteiger partial charge in [-0.2, -0.15) is 4.98 Å². The summed E-state index contributed by atoms with van der Waals surface area (Å²) >= 11 is 0. The number of aromatic nitrogens is 3. The van der Waals surface area contributed by atoms with Gasteiger partial charge in [-0.15, -0.1) is 0 Å². The highest BCUT2D eigenvalue weighted by molar-refractivity contribution is 5.85. The summed E-state index contributed by atoms with van der Waals surface area (Å²) in [4.78, 5) is 23.2. The molecular formula is C22H21N5O2. The molecule has 1 unspecified atom stereocenters. The van der Waals surface area contributed by atoms with Crippen molar-refractivity contribution in [3.05, 3.63) is 88.3 Å². The fraction of sp³-hybridized carbons (Fsp3) is 0.136. The Bertz CT molecular complexity index is 1190. The molecule has 29 heavy (non-hydrogen) atoms. The Hall–Kier alpha value is -3.71. The van der Waals surface area contributed by atoms with Crippen LogP contribution >= 0.6 is 0 Å². The zero-order valence-corrected chi connectivity index (χ0v) is 15.9. The highest BCUT2D eigenvalue weighted by Gasteiger charge is 2.08. The SMILES string of the molecule is Cc1cc(=O)[nH]c2cc(Nc3nccc(NCC(O)c4ccccc4)n3)ccc12. The van der Waals surface area contributed by atoms with Gasteiger partial charge in [0.25, 0.3) is 0 Å². The topological polar surface area (TPSA) is 103 Å². The predicted octanol–water partition coefficient (Wildman–Crippen LogP) is 3.52. The average Bonchev–Trinajstić information content (AvgIpc) is 2.72. The van der Waals surface area contributed by atoms with E-state index in [0.717, 1.165) is 27.7 Å². The molecule has 146 valence electrons. The first-order valence-corrected chi connectivity index (χ1v) is 9.29. The van der Waals surface area contributed by atoms with E-state index in [2.05, 4.69) is 25.6 Å². The van der Waals surface area contributed by atoms with Crippen LogP contribution in [0.2, 0.25) is 0 Å². The smallest absolute Gasteiger partial charge is 0.248 e. The lowest BCUT2D eigenvalue weighted by atomic mass is 10.1. The second-order valence-corrected chi connectivity index (χ2v) is 6.77. The van der Waals surface area contributed by atoms with Gasteiger partial charge in [0.2, 0.25) is 11.5 Å². The minimum atomic E-state index is -0.636. The maximum atomic E-state index is 11.7. The molecule has 2 heterocycles. The zero-order valence-electron chi connectivity index (χ0n) is 15.9. The Balaban J connectivity index is 1.47. The lowest BCUT2D eigenvalue weighted by Gasteiger charge is -2.13. The molecule has 0 spiro atoms. The van der Waals surface area contributed by atoms with Crippen molar-refractivity contribution in [3.63, 3.8) is 0 Å². The molecule has 4 N–H and O–H groups in total. The third kappa shape index (κ3) is 4.41. The Morgan fingerprint density at radius 1 is 1.10 bits per heavy atom. The van der Waals surface area contributed by atoms with E-state index in [4.69, 9.17) is 0 Å². The van der Waals surface area contributed by atoms with E-state index in [1.807, 2.05) is 55.5 Å². The predicted molar refractivity (Wildman–Crippen MR) is 115 cm³/mol. The molecule has 0 fully saturated rings. The van der Waals surface area contributed by atoms with Crippen molar-refractivity contribution < 1.29 is 5.11 Å². The molecule has 0 aliphatic rings. The first kappa shape index (κ1) is 18.6. The molecule has 0 aliphatic heterocycles. The number of aliphatic hydroxyl groups excluding tert-OH is 1. The van der Waals surface area contributed by atoms with Gasteiger partial charge in [0.1, 0.15) is 5.82 Å². The van der Waals surface area contributed by atoms with Gasteiger partial charge >= 0.3 is 0 Å². The number of nitrogens with zero attached hydrogens (tertiary/aromatic N) is 2. The third-order valence-electron chi connectivity index (χ3n) is 4.62. The largest absolute Gasteiger partial charge is 0.387 e. The van der Waals surface area contributed by atoms with Crippen molar-refractivity contribution in [2.24, 2.45) is 0 Å². The van der Waals surface area contributed by atoms with Crippen LogP contribution in [0.25, 0.3) is 10.9 Å². The number of aromatic amines is 1. The molecule has 0 bridgehead atoms. The number of anilines is 3. The second-order valence-electron chi connectivity index (χ2n) is 6.77. The summed E-state index contributed by atoms with van der Waals surface area (Å²) in [5, 5.41) is 17.5. The van der Waals surface area contributed by atoms with Crippen LogP contribution in [-0.4, -0.2) is 26.6 Å². The number of aryl methyl sites for hydroxylation is 1. The number of fused-ring (bicyclic) bond motifs is 1. The quantitative estimate of drug-likeness (QED) is 0.404. The van der Waals surface area contributed by atoms with Crippen molar-refractivity contribution in [2.75, 3.05) is 17.2 Å². The van der Waals surface area contributed by atoms with Crippen LogP contribution in [0.3, 0.4) is 0 Å². The Labute approximate surface area is 167 Å². The van der Waals surface area contributed by atoms with Crippen LogP contribution in [0.15, 0.2) is 71.7 Å². The van der Waals surface area contributed by atoms with Crippen LogP contribution in [-0.2, 0) is 0 Å². The number of hydrogen-bond donors (Lipinski definition) is 4. The van der Waals surface area contributed by atoms with E-state index in [1.165, 1.54) is 0 Å². The van der Waals surface area contributed by atoms with Crippen LogP contribution in [0, 0.1) is 6.92 Å². The van der Waals surface area contributed by atoms with Crippen molar-refractivity contribution in [1.82, 2.24) is 15.0 Å². The second kappa shape index (κ2) is 8.12. The highest BCUT2D eigenvalue weighted by Crippen LogP contribution is 2.21. The highest BCUT2D eigenvalue weighted by atomic mass is 16.3. The van der Waals surface area contributed by atoms with E-state index in [1.54, 1.807) is 18.3 Å². The lowest BCUT2D eigenvalue weighted by molar-refractivity contribution is 0.191. The summed E-state index contributed by atoms with van der Waals surface area (Å²) < 4.78 is 0. The van der Waals surface area contributed by atoms with E-state index < -0.39 is 6.10 Å². The fourth-order valence-corrected chi connectivity index (χ4v) is 3.15. The number of benzene rings is 2. The summed E-state index contributed by atoms with van der Waals surface area (Å²) in [7, 11) is 0. The van der Waals surface area contributed by atoms with Gasteiger partial charge in [0.05, 0.1) is 11.6 Å². The number of hydrogen-bond acceptors (Lipinski definition) is 6. The van der Waals surface area contributed by atoms with Crippen molar-refractivity contribution >= 4 is 28.4 Å². The average molecular weight is 387 g/mol. The van der Waals surface area contributed by atoms with Gasteiger partial charge in [-0.05, 0) is 36.2 Å². The van der Waals surface area contributed by atoms with Crippen LogP contribution in [0.5, 0.6) is 0 Å². The first-order chi connectivity index (χ1) is 14.1. The molecule has 2 aromatic carbocycles. The zero-order chi connectivity index (χ0) is 20.2. The Morgan fingerprint density at radius 2 is 1.93 bits per heavy atom. The molecule has 4 rings (SSSR count). The van der Waals surface area contributed by atoms with Crippen molar-refractivity contribution in [2.45, 2.75) is 13.0 Å². The summed E-state index contributed by atoms with van der Waals surface area (Å²) in [6.45, 7) is 2.24. The van der Waals surface area contributed by atoms with Gasteiger partial charge in [0.15, 0.2) is 0 Å². The van der Waals surface area contributed by atoms with Gasteiger partial charge in [-0.25, -0.2) is 4.98 Å². The summed E-state index contributed by atoms with van der Waals surface area (Å²) in [6, 6.07) is 18.5. The minimum Gasteiger partial charge on any atom is -0.387 e. The molecule has 0 aliphatic carbocycles. The fourth-order valence-electron chi connectivity index (χ4n) is 3.15. The normalized spacial score (nSPS) is 11.9. The molecular weight excluding hydrogens is 366 g/mol. The summed E-state index contributed by atoms with van der Waals surface area (Å²) in [6.07, 6.45) is 1.00. The standard InChI is InChI=1S/C22H21N5O2/c1-14-11-21(29)26-18-12-16(7-8-17(14)18)25-22-23-10-9-20(27-22)24-13-19(28)15-5-3-2-4-6-15/h2-12,19,28H,13H2,1H3,(H,26,29)(H2,23,24,25,27). The minimum absolute atomic E-state index is 0.133. The number of nitrogens with one attached hydrogen (secondary N) is 3. The lowest BCUT2D eigenvalue weighted by Crippen LogP contribution is -2.13. The van der Waals surface area contributed by atoms with Gasteiger partial charge in [-0.3, -0.25) is 4.79 Å². The molecule has 0 amide bonds. The number of H-pyrrole nitrogens is 1. The van der Waals surface area contributed by atoms with Crippen LogP contribution < -0.4 is 16.2 Å². The number of pyridine rings is 1. The maximum Gasteiger partial charge on any atom is 0.248 e. The van der Waals surface area contributed by atoms with Gasteiger partial charge in [-0.1, -0.05) is 36.4 Å². The molecule has 0 saturated carbocycles. The maximum absolute atomic E-state index is 11.7. The Kier molecular flexibility index (Phi) is 5.22. The van der Waals surface area contributed by atoms with Crippen LogP contribution in [0.4, 0.5) is 17.5 Å². The molecule has 2 aromatic heterocycles. The van der Waals surface area contributed by atoms with Gasteiger partial charge < -0.3 is 20.7 Å². The molecule has 7 heteroatoms. The summed E-state index contributed by atoms with van der Waals surface area (Å²) in [5.41, 5.74) is 3.15. The molecule has 7 nitrogen and oxygen atoms in total. The van der Waals surface area contributed by atoms with E-state index in [-0.39, 0.29) is 5.56 Å². The molecule has 4 aromatic rings. The van der Waals surface area contributed by atoms with E-state index >= 15 is 0 Å². The number of aliphatic hydroxyl groups is 1. The number of rotatable bonds is 6. The third-order valence-corrected chi connectivity index (χ3v) is 4.62. The molecule has 0 radical (unpaired) electrons. The monoisotopic (exact) mass is 387 g/mol. The Morgan fingerprint density at radius 3 is 2.76 bits per heavy atom. The first-order valence-electron chi connectivity index (χ1n) is 9.29. The van der Waals surface area contributed by atoms with Crippen molar-refractivity contribution in [1.29, 1.82) is 0 Å².